The Morgan fingerprint density at radius 1 is 1.22 bits per heavy atom. The summed E-state index contributed by atoms with van der Waals surface area (Å²) in [6.07, 6.45) is 9.07. The van der Waals surface area contributed by atoms with E-state index in [2.05, 4.69) is 16.4 Å². The molecular formula is C29H33FN2O4. The lowest BCUT2D eigenvalue weighted by atomic mass is 9.57. The Kier molecular flexibility index (Phi) is 7.08. The topological polar surface area (TPSA) is 77.5 Å². The van der Waals surface area contributed by atoms with E-state index in [1.807, 2.05) is 31.2 Å². The summed E-state index contributed by atoms with van der Waals surface area (Å²) < 4.78 is 24.3. The highest BCUT2D eigenvalue weighted by Gasteiger charge is 2.54. The highest BCUT2D eigenvalue weighted by Crippen LogP contribution is 2.53. The van der Waals surface area contributed by atoms with E-state index >= 15 is 0 Å². The number of esters is 1. The van der Waals surface area contributed by atoms with Gasteiger partial charge in [-0.2, -0.15) is 0 Å². The minimum Gasteiger partial charge on any atom is -0.462 e. The van der Waals surface area contributed by atoms with Gasteiger partial charge in [-0.05, 0) is 87.1 Å². The fourth-order valence-corrected chi connectivity index (χ4v) is 6.64. The predicted molar refractivity (Wildman–Crippen MR) is 134 cm³/mol. The number of carbonyl (C=O) groups is 2. The summed E-state index contributed by atoms with van der Waals surface area (Å²) in [6.45, 7) is 4.15. The second-order valence-corrected chi connectivity index (χ2v) is 10.3. The molecule has 0 spiro atoms. The molecule has 0 radical (unpaired) electrons. The van der Waals surface area contributed by atoms with Crippen LogP contribution in [0, 0.1) is 35.4 Å². The SMILES string of the molecule is CCOC(=O)N[C@@H]1CC[C@@H]2[C@H](C1)C[C@@H]1C(=O)O[C@@H](C)[C@H]1[C@@H]2/C=C/c1ccc(-c2cccc(F)c2)cn1. The number of allylic oxidation sites excluding steroid dienone is 1. The number of fused-ring (bicyclic) bond motifs is 2. The van der Waals surface area contributed by atoms with E-state index in [4.69, 9.17) is 9.47 Å². The van der Waals surface area contributed by atoms with Gasteiger partial charge in [0.2, 0.25) is 0 Å². The Morgan fingerprint density at radius 2 is 2.08 bits per heavy atom. The first-order valence-corrected chi connectivity index (χ1v) is 13.0. The summed E-state index contributed by atoms with van der Waals surface area (Å²) in [7, 11) is 0. The molecule has 2 aliphatic carbocycles. The largest absolute Gasteiger partial charge is 0.462 e. The van der Waals surface area contributed by atoms with Gasteiger partial charge in [-0.3, -0.25) is 9.78 Å². The van der Waals surface area contributed by atoms with Crippen molar-refractivity contribution < 1.29 is 23.5 Å². The van der Waals surface area contributed by atoms with Crippen molar-refractivity contribution in [1.29, 1.82) is 0 Å². The van der Waals surface area contributed by atoms with Gasteiger partial charge in [0.05, 0.1) is 18.2 Å². The second-order valence-electron chi connectivity index (χ2n) is 10.3. The van der Waals surface area contributed by atoms with Crippen molar-refractivity contribution in [3.05, 3.63) is 60.2 Å². The number of nitrogens with one attached hydrogen (secondary N) is 1. The van der Waals surface area contributed by atoms with Gasteiger partial charge in [0, 0.05) is 23.7 Å². The molecule has 2 saturated carbocycles. The maximum Gasteiger partial charge on any atom is 0.407 e. The van der Waals surface area contributed by atoms with Crippen molar-refractivity contribution in [2.45, 2.75) is 51.7 Å². The quantitative estimate of drug-likeness (QED) is 0.548. The summed E-state index contributed by atoms with van der Waals surface area (Å²) in [5, 5.41) is 3.00. The maximum atomic E-state index is 13.6. The molecule has 190 valence electrons. The van der Waals surface area contributed by atoms with Crippen LogP contribution in [-0.2, 0) is 14.3 Å². The van der Waals surface area contributed by atoms with Crippen molar-refractivity contribution in [2.24, 2.45) is 29.6 Å². The standard InChI is InChI=1S/C29H33FN2O4/c1-3-35-29(34)32-23-10-11-24-20(14-23)15-26-27(17(2)36-28(26)33)25(24)12-9-22-8-7-19(16-31-22)18-5-4-6-21(30)13-18/h4-9,12-13,16-17,20,23-27H,3,10-11,14-15H2,1-2H3,(H,32,34)/b12-9+/t17-,20+,23+,24+,25+,26-,27-/m0/s1. The highest BCUT2D eigenvalue weighted by atomic mass is 19.1. The fraction of sp³-hybridized carbons (Fsp3) is 0.483. The monoisotopic (exact) mass is 492 g/mol. The molecule has 36 heavy (non-hydrogen) atoms. The van der Waals surface area contributed by atoms with Crippen LogP contribution >= 0.6 is 0 Å². The maximum absolute atomic E-state index is 13.6. The van der Waals surface area contributed by atoms with Gasteiger partial charge in [0.25, 0.3) is 0 Å². The zero-order valence-corrected chi connectivity index (χ0v) is 20.7. The van der Waals surface area contributed by atoms with E-state index in [0.717, 1.165) is 42.5 Å². The Hall–Kier alpha value is -3.22. The number of pyridine rings is 1. The molecule has 5 rings (SSSR count). The van der Waals surface area contributed by atoms with Crippen LogP contribution in [0.15, 0.2) is 48.7 Å². The number of rotatable bonds is 5. The minimum atomic E-state index is -0.368. The van der Waals surface area contributed by atoms with E-state index in [-0.39, 0.29) is 47.8 Å². The fourth-order valence-electron chi connectivity index (χ4n) is 6.64. The second kappa shape index (κ2) is 10.4. The molecule has 0 bridgehead atoms. The molecule has 3 fully saturated rings. The number of hydrogen-bond donors (Lipinski definition) is 1. The number of ether oxygens (including phenoxy) is 2. The number of halogens is 1. The van der Waals surface area contributed by atoms with Crippen LogP contribution in [0.25, 0.3) is 17.2 Å². The number of hydrogen-bond acceptors (Lipinski definition) is 5. The number of benzene rings is 1. The van der Waals surface area contributed by atoms with Crippen molar-refractivity contribution in [2.75, 3.05) is 6.61 Å². The number of aromatic nitrogens is 1. The Balaban J connectivity index is 1.34. The number of cyclic esters (lactones) is 1. The lowest BCUT2D eigenvalue weighted by molar-refractivity contribution is -0.144. The van der Waals surface area contributed by atoms with E-state index in [9.17, 15) is 14.0 Å². The Morgan fingerprint density at radius 3 is 2.83 bits per heavy atom. The van der Waals surface area contributed by atoms with Gasteiger partial charge < -0.3 is 14.8 Å². The third kappa shape index (κ3) is 5.01. The predicted octanol–water partition coefficient (Wildman–Crippen LogP) is 5.63. The summed E-state index contributed by atoms with van der Waals surface area (Å²) in [4.78, 5) is 29.2. The van der Waals surface area contributed by atoms with Crippen molar-refractivity contribution in [1.82, 2.24) is 10.3 Å². The van der Waals surface area contributed by atoms with E-state index < -0.39 is 0 Å². The molecule has 0 unspecified atom stereocenters. The minimum absolute atomic E-state index is 0.0679. The first kappa shape index (κ1) is 24.5. The average molecular weight is 493 g/mol. The smallest absolute Gasteiger partial charge is 0.407 e. The lowest BCUT2D eigenvalue weighted by Crippen LogP contribution is -2.48. The van der Waals surface area contributed by atoms with Gasteiger partial charge in [-0.25, -0.2) is 9.18 Å². The molecule has 7 heteroatoms. The van der Waals surface area contributed by atoms with Gasteiger partial charge in [0.15, 0.2) is 0 Å². The Labute approximate surface area is 211 Å². The van der Waals surface area contributed by atoms with E-state index in [1.165, 1.54) is 12.1 Å². The molecule has 1 aromatic heterocycles. The van der Waals surface area contributed by atoms with Crippen LogP contribution in [0.5, 0.6) is 0 Å². The van der Waals surface area contributed by atoms with Crippen LogP contribution in [0.3, 0.4) is 0 Å². The Bertz CT molecular complexity index is 1130. The van der Waals surface area contributed by atoms with Crippen molar-refractivity contribution in [3.8, 4) is 11.1 Å². The van der Waals surface area contributed by atoms with Crippen LogP contribution in [0.4, 0.5) is 9.18 Å². The number of nitrogens with zero attached hydrogens (tertiary/aromatic N) is 1. The molecule has 1 N–H and O–H groups in total. The number of carbonyl (C=O) groups excluding carboxylic acids is 2. The summed E-state index contributed by atoms with van der Waals surface area (Å²) in [5.41, 5.74) is 2.48. The first-order valence-electron chi connectivity index (χ1n) is 13.0. The molecule has 7 atom stereocenters. The highest BCUT2D eigenvalue weighted by molar-refractivity contribution is 5.75. The lowest BCUT2D eigenvalue weighted by Gasteiger charge is -2.47. The molecule has 1 aromatic carbocycles. The molecule has 2 aromatic rings. The molecule has 1 amide bonds. The normalized spacial score (nSPS) is 31.4. The van der Waals surface area contributed by atoms with Gasteiger partial charge in [0.1, 0.15) is 11.9 Å². The molecule has 1 saturated heterocycles. The van der Waals surface area contributed by atoms with Gasteiger partial charge in [-0.15, -0.1) is 0 Å². The molecular weight excluding hydrogens is 459 g/mol. The number of alkyl carbamates (subject to hydrolysis) is 1. The van der Waals surface area contributed by atoms with E-state index in [0.29, 0.717) is 18.4 Å². The van der Waals surface area contributed by atoms with E-state index in [1.54, 1.807) is 19.2 Å². The van der Waals surface area contributed by atoms with Crippen molar-refractivity contribution in [3.63, 3.8) is 0 Å². The zero-order chi connectivity index (χ0) is 25.2. The van der Waals surface area contributed by atoms with Crippen LogP contribution in [0.2, 0.25) is 0 Å². The average Bonchev–Trinajstić information content (AvgIpc) is 3.15. The van der Waals surface area contributed by atoms with Crippen LogP contribution in [0.1, 0.15) is 45.2 Å². The summed E-state index contributed by atoms with van der Waals surface area (Å²) in [6, 6.07) is 10.4. The van der Waals surface area contributed by atoms with Gasteiger partial charge in [-0.1, -0.05) is 24.3 Å². The van der Waals surface area contributed by atoms with Crippen LogP contribution < -0.4 is 5.32 Å². The first-order chi connectivity index (χ1) is 17.4. The molecule has 6 nitrogen and oxygen atoms in total. The van der Waals surface area contributed by atoms with Crippen molar-refractivity contribution >= 4 is 18.1 Å². The zero-order valence-electron chi connectivity index (χ0n) is 20.7. The molecule has 3 aliphatic rings. The number of amides is 1. The third-order valence-corrected chi connectivity index (χ3v) is 8.18. The summed E-state index contributed by atoms with van der Waals surface area (Å²) >= 11 is 0. The summed E-state index contributed by atoms with van der Waals surface area (Å²) in [5.74, 6) is 0.629. The van der Waals surface area contributed by atoms with Gasteiger partial charge >= 0.3 is 12.1 Å². The molecule has 2 heterocycles. The molecule has 1 aliphatic heterocycles. The third-order valence-electron chi connectivity index (χ3n) is 8.18. The van der Waals surface area contributed by atoms with Crippen LogP contribution in [-0.4, -0.2) is 35.8 Å².